The highest BCUT2D eigenvalue weighted by molar-refractivity contribution is 9.12. The second-order valence-corrected chi connectivity index (χ2v) is 10.1. The number of allylic oxidation sites excluding steroid dienone is 7. The Morgan fingerprint density at radius 3 is 2.66 bits per heavy atom. The first-order valence-electron chi connectivity index (χ1n) is 11.8. The van der Waals surface area contributed by atoms with Gasteiger partial charge in [0, 0.05) is 38.4 Å². The summed E-state index contributed by atoms with van der Waals surface area (Å²) in [4.78, 5) is 9.69. The average Bonchev–Trinajstić information content (AvgIpc) is 3.11. The summed E-state index contributed by atoms with van der Waals surface area (Å²) in [6.45, 7) is 4.31. The van der Waals surface area contributed by atoms with Crippen LogP contribution in [0.4, 0.5) is 0 Å². The average molecular weight is 588 g/mol. The molecule has 0 saturated carbocycles. The zero-order chi connectivity index (χ0) is 24.6. The van der Waals surface area contributed by atoms with E-state index in [1.807, 2.05) is 24.6 Å². The fourth-order valence-electron chi connectivity index (χ4n) is 3.99. The largest absolute Gasteiger partial charge is 0.260 e. The van der Waals surface area contributed by atoms with Gasteiger partial charge in [-0.3, -0.25) is 9.98 Å². The fourth-order valence-corrected chi connectivity index (χ4v) is 5.18. The van der Waals surface area contributed by atoms with Crippen LogP contribution < -0.4 is 0 Å². The molecule has 1 heterocycles. The molecule has 35 heavy (non-hydrogen) atoms. The van der Waals surface area contributed by atoms with Crippen molar-refractivity contribution in [2.75, 3.05) is 0 Å². The van der Waals surface area contributed by atoms with Gasteiger partial charge in [0.2, 0.25) is 0 Å². The fraction of sp³-hybridized carbons (Fsp3) is 0.161. The maximum Gasteiger partial charge on any atom is 0.0702 e. The van der Waals surface area contributed by atoms with E-state index in [1.165, 1.54) is 11.1 Å². The number of benzene rings is 2. The Bertz CT molecular complexity index is 1330. The van der Waals surface area contributed by atoms with Crippen LogP contribution in [-0.4, -0.2) is 11.2 Å². The molecule has 3 aromatic rings. The summed E-state index contributed by atoms with van der Waals surface area (Å²) >= 11 is 7.35. The number of hydrogen-bond donors (Lipinski definition) is 0. The Labute approximate surface area is 225 Å². The molecule has 176 valence electrons. The minimum atomic E-state index is 0.200. The Morgan fingerprint density at radius 2 is 1.89 bits per heavy atom. The Kier molecular flexibility index (Phi) is 8.84. The number of hydrogen-bond acceptors (Lipinski definition) is 2. The Balaban J connectivity index is 1.58. The molecule has 1 aliphatic rings. The molecule has 1 unspecified atom stereocenters. The van der Waals surface area contributed by atoms with E-state index >= 15 is 0 Å². The lowest BCUT2D eigenvalue weighted by atomic mass is 10.0. The molecule has 2 aromatic carbocycles. The van der Waals surface area contributed by atoms with Gasteiger partial charge in [0.05, 0.1) is 11.4 Å². The summed E-state index contributed by atoms with van der Waals surface area (Å²) in [6.07, 6.45) is 16.3. The van der Waals surface area contributed by atoms with E-state index in [0.717, 1.165) is 49.9 Å². The quantitative estimate of drug-likeness (QED) is 0.252. The highest BCUT2D eigenvalue weighted by atomic mass is 79.9. The van der Waals surface area contributed by atoms with Gasteiger partial charge in [-0.25, -0.2) is 0 Å². The maximum absolute atomic E-state index is 4.90. The van der Waals surface area contributed by atoms with Crippen molar-refractivity contribution in [3.05, 3.63) is 123 Å². The summed E-state index contributed by atoms with van der Waals surface area (Å²) in [7, 11) is 0. The molecule has 0 amide bonds. The van der Waals surface area contributed by atoms with Gasteiger partial charge in [-0.2, -0.15) is 0 Å². The molecule has 4 heteroatoms. The molecule has 0 spiro atoms. The van der Waals surface area contributed by atoms with E-state index < -0.39 is 0 Å². The zero-order valence-electron chi connectivity index (χ0n) is 20.0. The smallest absolute Gasteiger partial charge is 0.0702 e. The molecule has 0 aliphatic heterocycles. The highest BCUT2D eigenvalue weighted by Gasteiger charge is 2.10. The number of halogens is 2. The van der Waals surface area contributed by atoms with Crippen molar-refractivity contribution >= 4 is 49.3 Å². The molecule has 0 bridgehead atoms. The van der Waals surface area contributed by atoms with E-state index in [9.17, 15) is 0 Å². The maximum atomic E-state index is 4.90. The third-order valence-corrected chi connectivity index (χ3v) is 7.36. The van der Waals surface area contributed by atoms with Crippen molar-refractivity contribution < 1.29 is 0 Å². The Morgan fingerprint density at radius 1 is 1.03 bits per heavy atom. The van der Waals surface area contributed by atoms with Crippen LogP contribution in [0.3, 0.4) is 0 Å². The van der Waals surface area contributed by atoms with Crippen LogP contribution in [0.1, 0.15) is 49.3 Å². The van der Waals surface area contributed by atoms with Gasteiger partial charge in [0.25, 0.3) is 0 Å². The molecule has 0 saturated heterocycles. The highest BCUT2D eigenvalue weighted by Crippen LogP contribution is 2.31. The summed E-state index contributed by atoms with van der Waals surface area (Å²) in [5.41, 5.74) is 7.71. The van der Waals surface area contributed by atoms with E-state index in [1.54, 1.807) is 0 Å². The van der Waals surface area contributed by atoms with Crippen LogP contribution in [-0.2, 0) is 0 Å². The summed E-state index contributed by atoms with van der Waals surface area (Å²) in [5, 5.41) is 0. The van der Waals surface area contributed by atoms with Gasteiger partial charge < -0.3 is 0 Å². The van der Waals surface area contributed by atoms with Crippen LogP contribution >= 0.6 is 31.9 Å². The van der Waals surface area contributed by atoms with E-state index in [0.29, 0.717) is 0 Å². The van der Waals surface area contributed by atoms with E-state index in [4.69, 9.17) is 9.98 Å². The van der Waals surface area contributed by atoms with Crippen molar-refractivity contribution in [3.63, 3.8) is 0 Å². The van der Waals surface area contributed by atoms with Gasteiger partial charge in [-0.15, -0.1) is 0 Å². The SMILES string of the molecule is CC/C=C(\N=C/C(C)c1ccccc1Br)c1cccc(-c2ccc(C3=C(Br)C=CC=CC3)cn2)c1. The van der Waals surface area contributed by atoms with E-state index in [-0.39, 0.29) is 5.92 Å². The molecule has 1 aromatic heterocycles. The number of rotatable bonds is 7. The molecule has 2 nitrogen and oxygen atoms in total. The molecule has 0 N–H and O–H groups in total. The van der Waals surface area contributed by atoms with Crippen molar-refractivity contribution in [1.82, 2.24) is 4.98 Å². The lowest BCUT2D eigenvalue weighted by Crippen LogP contribution is -1.96. The first-order valence-corrected chi connectivity index (χ1v) is 13.4. The second-order valence-electron chi connectivity index (χ2n) is 8.42. The monoisotopic (exact) mass is 586 g/mol. The number of aliphatic imine (C=N–C) groups is 1. The summed E-state index contributed by atoms with van der Waals surface area (Å²) in [5.74, 6) is 0.200. The van der Waals surface area contributed by atoms with Gasteiger partial charge in [0.1, 0.15) is 0 Å². The third kappa shape index (κ3) is 6.45. The van der Waals surface area contributed by atoms with Crippen molar-refractivity contribution in [2.24, 2.45) is 4.99 Å². The molecule has 4 rings (SSSR count). The lowest BCUT2D eigenvalue weighted by Gasteiger charge is -2.11. The first-order chi connectivity index (χ1) is 17.1. The molecular formula is C31H28Br2N2. The summed E-state index contributed by atoms with van der Waals surface area (Å²) in [6, 6.07) is 21.0. The van der Waals surface area contributed by atoms with Gasteiger partial charge in [-0.1, -0.05) is 112 Å². The second kappa shape index (κ2) is 12.2. The van der Waals surface area contributed by atoms with Crippen molar-refractivity contribution in [3.8, 4) is 11.3 Å². The van der Waals surface area contributed by atoms with Crippen LogP contribution in [0.15, 0.2) is 111 Å². The minimum Gasteiger partial charge on any atom is -0.260 e. The van der Waals surface area contributed by atoms with Crippen LogP contribution in [0.2, 0.25) is 0 Å². The van der Waals surface area contributed by atoms with Gasteiger partial charge >= 0.3 is 0 Å². The minimum absolute atomic E-state index is 0.200. The molecule has 1 aliphatic carbocycles. The van der Waals surface area contributed by atoms with Crippen molar-refractivity contribution in [1.29, 1.82) is 0 Å². The predicted molar refractivity (Wildman–Crippen MR) is 158 cm³/mol. The normalized spacial score (nSPS) is 15.0. The third-order valence-electron chi connectivity index (χ3n) is 5.90. The predicted octanol–water partition coefficient (Wildman–Crippen LogP) is 9.76. The van der Waals surface area contributed by atoms with E-state index in [2.05, 4.69) is 125 Å². The van der Waals surface area contributed by atoms with Crippen LogP contribution in [0.5, 0.6) is 0 Å². The van der Waals surface area contributed by atoms with Crippen LogP contribution in [0, 0.1) is 0 Å². The topological polar surface area (TPSA) is 25.2 Å². The van der Waals surface area contributed by atoms with Crippen molar-refractivity contribution in [2.45, 2.75) is 32.6 Å². The lowest BCUT2D eigenvalue weighted by molar-refractivity contribution is 1.03. The van der Waals surface area contributed by atoms with Gasteiger partial charge in [-0.05, 0) is 53.8 Å². The molecule has 1 atom stereocenters. The molecule has 0 fully saturated rings. The van der Waals surface area contributed by atoms with Gasteiger partial charge in [0.15, 0.2) is 0 Å². The number of aromatic nitrogens is 1. The number of nitrogens with zero attached hydrogens (tertiary/aromatic N) is 2. The molecular weight excluding hydrogens is 560 g/mol. The first kappa shape index (κ1) is 25.3. The molecule has 0 radical (unpaired) electrons. The van der Waals surface area contributed by atoms with Crippen LogP contribution in [0.25, 0.3) is 22.5 Å². The summed E-state index contributed by atoms with van der Waals surface area (Å²) < 4.78 is 2.21. The number of pyridine rings is 1. The Hall–Kier alpha value is -2.82. The zero-order valence-corrected chi connectivity index (χ0v) is 23.1. The standard InChI is InChI=1S/C31H28Br2N2/c1-3-10-30(34-20-22(2)26-13-7-8-16-28(26)32)23-11-9-12-24(19-23)31-18-17-25(21-35-31)27-14-5-4-6-15-29(27)33/h4-13,15-22H,3,14H2,1-2H3/b30-10-,34-20-.